The van der Waals surface area contributed by atoms with E-state index in [1.54, 1.807) is 12.4 Å². The van der Waals surface area contributed by atoms with Crippen LogP contribution < -0.4 is 0 Å². The second-order valence-electron chi connectivity index (χ2n) is 37.6. The smallest absolute Gasteiger partial charge is 0.160 e. The number of nitrogens with zero attached hydrogens (tertiary/aromatic N) is 9. The van der Waals surface area contributed by atoms with E-state index in [1.807, 2.05) is 55.0 Å². The Kier molecular flexibility index (Phi) is 25.1. The highest BCUT2D eigenvalue weighted by Crippen LogP contribution is 2.42. The van der Waals surface area contributed by atoms with Crippen molar-refractivity contribution in [2.24, 2.45) is 0 Å². The number of rotatable bonds is 18. The summed E-state index contributed by atoms with van der Waals surface area (Å²) < 4.78 is 0. The SMILES string of the molecule is c1ccc(-c2ccc(-c3cc(-c4ccc(-c5cnc6ccccc6c5)cc4)nc(-c4ccc(-c5ccc6ccccc6c5)cc4)n3)cc2)cc1.c1cncc(-c2ccc(-c3cc(-c4ccc(-c5ccc6ccccc6c5)cc4)nc(-c4ccc(-c5cccc6ccccc56)cc4)n3)cc2)c1.c1cncc(-c2ccc(-c3cc(-c4cccc(-c5cccc6ccccc56)c4)nc(-c4cccc(-c5cccc6ccccc56)c4)n3)cc2)c1. The Morgan fingerprint density at radius 2 is 0.380 bits per heavy atom. The second kappa shape index (κ2) is 41.3. The number of pyridine rings is 3. The summed E-state index contributed by atoms with van der Waals surface area (Å²) in [5.41, 5.74) is 36.1. The molecule has 9 heteroatoms. The molecule has 0 atom stereocenters. The fraction of sp³-hybridized carbons (Fsp3) is 0. The molecule has 6 heterocycles. The summed E-state index contributed by atoms with van der Waals surface area (Å²) in [5, 5.41) is 13.5. The van der Waals surface area contributed by atoms with Crippen molar-refractivity contribution in [2.45, 2.75) is 0 Å². The minimum absolute atomic E-state index is 0.687. The first kappa shape index (κ1) is 91.1. The summed E-state index contributed by atoms with van der Waals surface area (Å²) >= 11 is 0. The van der Waals surface area contributed by atoms with Crippen LogP contribution in [-0.2, 0) is 0 Å². The van der Waals surface area contributed by atoms with E-state index >= 15 is 0 Å². The van der Waals surface area contributed by atoms with Crippen molar-refractivity contribution in [2.75, 3.05) is 0 Å². The third-order valence-electron chi connectivity index (χ3n) is 28.1. The van der Waals surface area contributed by atoms with E-state index in [4.69, 9.17) is 29.9 Å². The normalized spacial score (nSPS) is 11.2. The predicted molar refractivity (Wildman–Crippen MR) is 622 cm³/mol. The number of para-hydroxylation sites is 1. The van der Waals surface area contributed by atoms with Crippen LogP contribution in [0.1, 0.15) is 0 Å². The average molecular weight is 1910 g/mol. The van der Waals surface area contributed by atoms with Crippen LogP contribution in [0.4, 0.5) is 0 Å². The molecule has 0 aliphatic carbocycles. The molecule has 27 rings (SSSR count). The number of hydrogen-bond donors (Lipinski definition) is 0. The van der Waals surface area contributed by atoms with Gasteiger partial charge >= 0.3 is 0 Å². The molecule has 0 aliphatic heterocycles. The van der Waals surface area contributed by atoms with Gasteiger partial charge in [0.25, 0.3) is 0 Å². The Balaban J connectivity index is 0.000000116. The van der Waals surface area contributed by atoms with Gasteiger partial charge in [-0.1, -0.05) is 467 Å². The molecule has 0 aliphatic rings. The highest BCUT2D eigenvalue weighted by atomic mass is 14.9. The molecule has 0 fully saturated rings. The Bertz CT molecular complexity index is 9320. The van der Waals surface area contributed by atoms with Crippen molar-refractivity contribution >= 4 is 64.8 Å². The molecule has 9 nitrogen and oxygen atoms in total. The van der Waals surface area contributed by atoms with Gasteiger partial charge in [0.05, 0.1) is 39.7 Å². The molecule has 0 unspecified atom stereocenters. The van der Waals surface area contributed by atoms with Crippen LogP contribution in [-0.4, -0.2) is 44.9 Å². The zero-order chi connectivity index (χ0) is 99.8. The van der Waals surface area contributed by atoms with Crippen LogP contribution in [0.2, 0.25) is 0 Å². The molecule has 0 spiro atoms. The first-order valence-corrected chi connectivity index (χ1v) is 50.5. The highest BCUT2D eigenvalue weighted by Gasteiger charge is 2.21. The summed E-state index contributed by atoms with van der Waals surface area (Å²) in [6, 6.07) is 188. The first-order chi connectivity index (χ1) is 74.2. The van der Waals surface area contributed by atoms with Gasteiger partial charge in [0.1, 0.15) is 0 Å². The van der Waals surface area contributed by atoms with Crippen LogP contribution in [0.3, 0.4) is 0 Å². The molecule has 27 aromatic rings. The minimum Gasteiger partial charge on any atom is -0.264 e. The van der Waals surface area contributed by atoms with Crippen LogP contribution in [0.15, 0.2) is 565 Å². The standard InChI is InChI=1S/3C47H31N3/c1-3-19-41-33(10-1)12-7-21-43(41)36-14-5-16-38(28-36)46-30-45(35-25-23-32(24-26-35)40-18-9-27-48-31-40)49-47(50-46)39-17-6-15-37(29-39)44-22-8-13-34-11-2-4-20-42(34)44;1-2-9-40-29-41(27-18-32(40)7-1)33-14-21-37(22-15-33)45-30-46(38-23-16-34(17-24-38)42-11-6-28-48-31-42)50-47(49-45)39-25-19-36(20-26-39)44-13-5-10-35-8-3-4-12-43(35)44;1-2-8-32(9-3-1)34-14-21-37(22-15-34)45-30-46(38-23-16-36(17-24-38)43-29-42-12-6-7-13-44(42)48-31-43)50-47(49-45)39-25-18-35(19-26-39)41-27-20-33-10-4-5-11-40(33)28-41/h3*1-31H. The molecule has 0 N–H and O–H groups in total. The summed E-state index contributed by atoms with van der Waals surface area (Å²) in [4.78, 5) is 44.2. The fourth-order valence-electron chi connectivity index (χ4n) is 20.2. The zero-order valence-corrected chi connectivity index (χ0v) is 81.7. The second-order valence-corrected chi connectivity index (χ2v) is 37.6. The molecule has 0 saturated carbocycles. The Morgan fingerprint density at radius 1 is 0.120 bits per heavy atom. The Morgan fingerprint density at radius 3 is 0.793 bits per heavy atom. The highest BCUT2D eigenvalue weighted by molar-refractivity contribution is 6.01. The fourth-order valence-corrected chi connectivity index (χ4v) is 20.2. The molecular formula is C141H93N9. The van der Waals surface area contributed by atoms with E-state index in [0.717, 1.165) is 151 Å². The van der Waals surface area contributed by atoms with E-state index < -0.39 is 0 Å². The molecular weight excluding hydrogens is 1820 g/mol. The monoisotopic (exact) mass is 1910 g/mol. The van der Waals surface area contributed by atoms with Crippen LogP contribution in [0.5, 0.6) is 0 Å². The average Bonchev–Trinajstić information content (AvgIpc) is 0.779. The lowest BCUT2D eigenvalue weighted by Crippen LogP contribution is -1.96. The van der Waals surface area contributed by atoms with Gasteiger partial charge in [-0.3, -0.25) is 15.0 Å². The van der Waals surface area contributed by atoms with Crippen LogP contribution in [0, 0.1) is 0 Å². The van der Waals surface area contributed by atoms with Gasteiger partial charge in [-0.15, -0.1) is 0 Å². The first-order valence-electron chi connectivity index (χ1n) is 50.5. The molecule has 6 aromatic heterocycles. The lowest BCUT2D eigenvalue weighted by molar-refractivity contribution is 1.18. The van der Waals surface area contributed by atoms with Gasteiger partial charge in [0.15, 0.2) is 17.5 Å². The van der Waals surface area contributed by atoms with E-state index in [0.29, 0.717) is 17.5 Å². The summed E-state index contributed by atoms with van der Waals surface area (Å²) in [7, 11) is 0. The van der Waals surface area contributed by atoms with Gasteiger partial charge in [0.2, 0.25) is 0 Å². The van der Waals surface area contributed by atoms with E-state index in [2.05, 4.69) is 512 Å². The topological polar surface area (TPSA) is 116 Å². The summed E-state index contributed by atoms with van der Waals surface area (Å²) in [6.45, 7) is 0. The van der Waals surface area contributed by atoms with E-state index in [1.165, 1.54) is 98.4 Å². The van der Waals surface area contributed by atoms with Crippen molar-refractivity contribution < 1.29 is 0 Å². The van der Waals surface area contributed by atoms with Gasteiger partial charge in [0, 0.05) is 92.0 Å². The van der Waals surface area contributed by atoms with E-state index in [-0.39, 0.29) is 0 Å². The zero-order valence-electron chi connectivity index (χ0n) is 81.7. The Hall–Kier alpha value is -20.1. The molecule has 702 valence electrons. The Labute approximate surface area is 870 Å². The largest absolute Gasteiger partial charge is 0.264 e. The lowest BCUT2D eigenvalue weighted by Gasteiger charge is -2.13. The molecule has 0 amide bonds. The molecule has 0 bridgehead atoms. The van der Waals surface area contributed by atoms with Crippen molar-refractivity contribution in [3.8, 4) is 202 Å². The van der Waals surface area contributed by atoms with Gasteiger partial charge in [-0.2, -0.15) is 0 Å². The number of fused-ring (bicyclic) bond motifs is 6. The van der Waals surface area contributed by atoms with E-state index in [9.17, 15) is 0 Å². The third kappa shape index (κ3) is 19.5. The molecule has 0 saturated heterocycles. The maximum absolute atomic E-state index is 5.24. The summed E-state index contributed by atoms with van der Waals surface area (Å²) in [5.74, 6) is 2.07. The molecule has 0 radical (unpaired) electrons. The van der Waals surface area contributed by atoms with Crippen molar-refractivity contribution in [1.82, 2.24) is 44.9 Å². The maximum atomic E-state index is 5.24. The van der Waals surface area contributed by atoms with Crippen LogP contribution in [0.25, 0.3) is 267 Å². The molecule has 150 heavy (non-hydrogen) atoms. The third-order valence-corrected chi connectivity index (χ3v) is 28.1. The van der Waals surface area contributed by atoms with Crippen molar-refractivity contribution in [3.05, 3.63) is 565 Å². The van der Waals surface area contributed by atoms with Crippen molar-refractivity contribution in [3.63, 3.8) is 0 Å². The molecule has 21 aromatic carbocycles. The van der Waals surface area contributed by atoms with Gasteiger partial charge in [-0.05, 0) is 215 Å². The lowest BCUT2D eigenvalue weighted by atomic mass is 9.95. The van der Waals surface area contributed by atoms with Gasteiger partial charge < -0.3 is 0 Å². The number of benzene rings is 21. The van der Waals surface area contributed by atoms with Gasteiger partial charge in [-0.25, -0.2) is 29.9 Å². The minimum atomic E-state index is 0.687. The van der Waals surface area contributed by atoms with Crippen molar-refractivity contribution in [1.29, 1.82) is 0 Å². The predicted octanol–water partition coefficient (Wildman–Crippen LogP) is 36.5. The number of aromatic nitrogens is 9. The van der Waals surface area contributed by atoms with Crippen LogP contribution >= 0.6 is 0 Å². The number of hydrogen-bond acceptors (Lipinski definition) is 9. The quantitative estimate of drug-likeness (QED) is 0.0828. The summed E-state index contributed by atoms with van der Waals surface area (Å²) in [6.07, 6.45) is 9.32. The maximum Gasteiger partial charge on any atom is 0.160 e.